The van der Waals surface area contributed by atoms with Gasteiger partial charge in [0.2, 0.25) is 5.91 Å². The van der Waals surface area contributed by atoms with Crippen LogP contribution < -0.4 is 5.32 Å². The summed E-state index contributed by atoms with van der Waals surface area (Å²) in [6.07, 6.45) is 0. The predicted molar refractivity (Wildman–Crippen MR) is 82.3 cm³/mol. The third-order valence-corrected chi connectivity index (χ3v) is 4.14. The van der Waals surface area contributed by atoms with Crippen LogP contribution in [-0.2, 0) is 4.79 Å². The number of anilines is 1. The van der Waals surface area contributed by atoms with Gasteiger partial charge in [0.05, 0.1) is 5.75 Å². The minimum absolute atomic E-state index is 0.182. The largest absolute Gasteiger partial charge is 0.325 e. The molecule has 0 radical (unpaired) electrons. The zero-order valence-electron chi connectivity index (χ0n) is 11.5. The molecule has 0 aliphatic carbocycles. The van der Waals surface area contributed by atoms with Gasteiger partial charge in [0.1, 0.15) is 0 Å². The number of amides is 1. The Morgan fingerprint density at radius 3 is 2.52 bits per heavy atom. The lowest BCUT2D eigenvalue weighted by Crippen LogP contribution is -2.15. The number of benzene rings is 2. The van der Waals surface area contributed by atoms with E-state index in [9.17, 15) is 13.6 Å². The molecular formula is C16H15F2NOS. The summed E-state index contributed by atoms with van der Waals surface area (Å²) < 4.78 is 25.8. The fraction of sp³-hybridized carbons (Fsp3) is 0.188. The van der Waals surface area contributed by atoms with Crippen LogP contribution in [0.2, 0.25) is 0 Å². The summed E-state index contributed by atoms with van der Waals surface area (Å²) in [6, 6.07) is 13.2. The molecule has 2 aromatic carbocycles. The molecule has 0 saturated carbocycles. The highest BCUT2D eigenvalue weighted by Gasteiger charge is 2.10. The summed E-state index contributed by atoms with van der Waals surface area (Å²) in [6.45, 7) is 2.02. The van der Waals surface area contributed by atoms with Gasteiger partial charge in [0.15, 0.2) is 11.6 Å². The standard InChI is InChI=1S/C16H15F2NOS/c1-11(12-5-3-2-4-6-12)21-10-16(20)19-13-7-8-14(17)15(18)9-13/h2-9,11H,10H2,1H3,(H,19,20). The second-order valence-electron chi connectivity index (χ2n) is 4.54. The van der Waals surface area contributed by atoms with Crippen LogP contribution in [0.25, 0.3) is 0 Å². The van der Waals surface area contributed by atoms with Crippen molar-refractivity contribution in [3.05, 3.63) is 65.7 Å². The number of thioether (sulfide) groups is 1. The molecule has 0 heterocycles. The lowest BCUT2D eigenvalue weighted by Gasteiger charge is -2.11. The Bertz CT molecular complexity index is 619. The lowest BCUT2D eigenvalue weighted by atomic mass is 10.2. The van der Waals surface area contributed by atoms with Gasteiger partial charge in [-0.05, 0) is 24.6 Å². The summed E-state index contributed by atoms with van der Waals surface area (Å²) in [5, 5.41) is 2.73. The maximum Gasteiger partial charge on any atom is 0.234 e. The zero-order chi connectivity index (χ0) is 15.2. The van der Waals surface area contributed by atoms with Gasteiger partial charge in [-0.25, -0.2) is 8.78 Å². The first-order valence-corrected chi connectivity index (χ1v) is 7.52. The number of rotatable bonds is 5. The molecule has 0 saturated heterocycles. The van der Waals surface area contributed by atoms with Crippen LogP contribution in [0.3, 0.4) is 0 Å². The molecule has 21 heavy (non-hydrogen) atoms. The first-order valence-electron chi connectivity index (χ1n) is 6.47. The zero-order valence-corrected chi connectivity index (χ0v) is 12.3. The van der Waals surface area contributed by atoms with Gasteiger partial charge in [-0.2, -0.15) is 0 Å². The molecule has 0 aliphatic heterocycles. The van der Waals surface area contributed by atoms with Crippen molar-refractivity contribution in [2.24, 2.45) is 0 Å². The summed E-state index contributed by atoms with van der Waals surface area (Å²) in [5.74, 6) is -1.90. The summed E-state index contributed by atoms with van der Waals surface area (Å²) >= 11 is 1.48. The molecule has 2 nitrogen and oxygen atoms in total. The van der Waals surface area contributed by atoms with Gasteiger partial charge >= 0.3 is 0 Å². The van der Waals surface area contributed by atoms with E-state index in [0.717, 1.165) is 17.7 Å². The van der Waals surface area contributed by atoms with Crippen LogP contribution in [-0.4, -0.2) is 11.7 Å². The van der Waals surface area contributed by atoms with Crippen LogP contribution in [0.5, 0.6) is 0 Å². The maximum absolute atomic E-state index is 13.0. The van der Waals surface area contributed by atoms with Crippen LogP contribution in [0.4, 0.5) is 14.5 Å². The second kappa shape index (κ2) is 7.22. The van der Waals surface area contributed by atoms with Crippen LogP contribution in [0.1, 0.15) is 17.7 Å². The molecule has 0 aromatic heterocycles. The quantitative estimate of drug-likeness (QED) is 0.887. The topological polar surface area (TPSA) is 29.1 Å². The Morgan fingerprint density at radius 1 is 1.14 bits per heavy atom. The molecule has 110 valence electrons. The highest BCUT2D eigenvalue weighted by Crippen LogP contribution is 2.27. The number of nitrogens with one attached hydrogen (secondary N) is 1. The van der Waals surface area contributed by atoms with E-state index in [1.54, 1.807) is 0 Å². The van der Waals surface area contributed by atoms with E-state index < -0.39 is 11.6 Å². The van der Waals surface area contributed by atoms with Crippen LogP contribution in [0, 0.1) is 11.6 Å². The van der Waals surface area contributed by atoms with Crippen molar-refractivity contribution >= 4 is 23.4 Å². The maximum atomic E-state index is 13.0. The third kappa shape index (κ3) is 4.56. The van der Waals surface area contributed by atoms with E-state index in [-0.39, 0.29) is 22.6 Å². The van der Waals surface area contributed by atoms with E-state index in [4.69, 9.17) is 0 Å². The van der Waals surface area contributed by atoms with Gasteiger partial charge < -0.3 is 5.32 Å². The molecule has 0 aliphatic rings. The first kappa shape index (κ1) is 15.5. The van der Waals surface area contributed by atoms with Crippen LogP contribution in [0.15, 0.2) is 48.5 Å². The highest BCUT2D eigenvalue weighted by atomic mass is 32.2. The molecule has 0 spiro atoms. The van der Waals surface area contributed by atoms with E-state index in [0.29, 0.717) is 0 Å². The molecule has 2 aromatic rings. The van der Waals surface area contributed by atoms with Gasteiger partial charge in [-0.1, -0.05) is 30.3 Å². The summed E-state index contributed by atoms with van der Waals surface area (Å²) in [4.78, 5) is 11.8. The number of carbonyl (C=O) groups excluding carboxylic acids is 1. The van der Waals surface area contributed by atoms with Crippen LogP contribution >= 0.6 is 11.8 Å². The lowest BCUT2D eigenvalue weighted by molar-refractivity contribution is -0.113. The van der Waals surface area contributed by atoms with Gasteiger partial charge in [0.25, 0.3) is 0 Å². The minimum Gasteiger partial charge on any atom is -0.325 e. The smallest absolute Gasteiger partial charge is 0.234 e. The average molecular weight is 307 g/mol. The third-order valence-electron chi connectivity index (χ3n) is 2.94. The van der Waals surface area contributed by atoms with E-state index in [1.165, 1.54) is 17.8 Å². The fourth-order valence-electron chi connectivity index (χ4n) is 1.79. The summed E-state index contributed by atoms with van der Waals surface area (Å²) in [7, 11) is 0. The van der Waals surface area contributed by atoms with Gasteiger partial charge in [-0.15, -0.1) is 11.8 Å². The number of halogens is 2. The van der Waals surface area contributed by atoms with Crippen molar-refractivity contribution in [2.75, 3.05) is 11.1 Å². The normalized spacial score (nSPS) is 12.0. The number of hydrogen-bond acceptors (Lipinski definition) is 2. The number of carbonyl (C=O) groups is 1. The van der Waals surface area contributed by atoms with Gasteiger partial charge in [-0.3, -0.25) is 4.79 Å². The molecule has 0 fully saturated rings. The van der Waals surface area contributed by atoms with Crippen molar-refractivity contribution < 1.29 is 13.6 Å². The minimum atomic E-state index is -0.974. The molecule has 1 amide bonds. The monoisotopic (exact) mass is 307 g/mol. The summed E-state index contributed by atoms with van der Waals surface area (Å²) in [5.41, 5.74) is 1.40. The van der Waals surface area contributed by atoms with E-state index >= 15 is 0 Å². The second-order valence-corrected chi connectivity index (χ2v) is 5.87. The van der Waals surface area contributed by atoms with Crippen molar-refractivity contribution in [1.82, 2.24) is 0 Å². The Morgan fingerprint density at radius 2 is 1.86 bits per heavy atom. The van der Waals surface area contributed by atoms with Crippen molar-refractivity contribution in [3.8, 4) is 0 Å². The fourth-order valence-corrected chi connectivity index (χ4v) is 2.62. The van der Waals surface area contributed by atoms with E-state index in [2.05, 4.69) is 5.32 Å². The Hall–Kier alpha value is -1.88. The van der Waals surface area contributed by atoms with Crippen molar-refractivity contribution in [3.63, 3.8) is 0 Å². The molecule has 1 atom stereocenters. The average Bonchev–Trinajstić information content (AvgIpc) is 2.49. The number of hydrogen-bond donors (Lipinski definition) is 1. The molecular weight excluding hydrogens is 292 g/mol. The molecule has 1 N–H and O–H groups in total. The Kier molecular flexibility index (Phi) is 5.33. The molecule has 1 unspecified atom stereocenters. The van der Waals surface area contributed by atoms with Crippen molar-refractivity contribution in [1.29, 1.82) is 0 Å². The van der Waals surface area contributed by atoms with E-state index in [1.807, 2.05) is 37.3 Å². The Labute approximate surface area is 126 Å². The predicted octanol–water partition coefficient (Wildman–Crippen LogP) is 4.40. The molecule has 0 bridgehead atoms. The molecule has 2 rings (SSSR count). The highest BCUT2D eigenvalue weighted by molar-refractivity contribution is 8.00. The SMILES string of the molecule is CC(SCC(=O)Nc1ccc(F)c(F)c1)c1ccccc1. The Balaban J connectivity index is 1.86. The first-order chi connectivity index (χ1) is 10.1. The molecule has 5 heteroatoms. The van der Waals surface area contributed by atoms with Gasteiger partial charge in [0, 0.05) is 17.0 Å². The van der Waals surface area contributed by atoms with Crippen molar-refractivity contribution in [2.45, 2.75) is 12.2 Å².